The highest BCUT2D eigenvalue weighted by atomic mass is 16.4. The van der Waals surface area contributed by atoms with E-state index in [0.29, 0.717) is 5.92 Å². The van der Waals surface area contributed by atoms with Crippen molar-refractivity contribution in [1.82, 2.24) is 5.32 Å². The molecule has 20 heavy (non-hydrogen) atoms. The standard InChI is InChI=1S/C15H20N2O3/c1-2-10-5-3-4-6-12(10)16-15(20)17-13(9-14(18)19)11-7-8-11/h3-6,11,13H,2,7-9H2,1H3,(H,18,19)(H2,16,17,20). The van der Waals surface area contributed by atoms with Crippen molar-refractivity contribution in [2.45, 2.75) is 38.6 Å². The summed E-state index contributed by atoms with van der Waals surface area (Å²) in [6, 6.07) is 7.00. The van der Waals surface area contributed by atoms with Crippen molar-refractivity contribution in [3.05, 3.63) is 29.8 Å². The van der Waals surface area contributed by atoms with E-state index in [0.717, 1.165) is 30.5 Å². The van der Waals surface area contributed by atoms with Crippen LogP contribution in [0.3, 0.4) is 0 Å². The first kappa shape index (κ1) is 14.4. The van der Waals surface area contributed by atoms with E-state index in [4.69, 9.17) is 5.11 Å². The third-order valence-corrected chi connectivity index (χ3v) is 3.55. The van der Waals surface area contributed by atoms with Crippen LogP contribution in [0.4, 0.5) is 10.5 Å². The summed E-state index contributed by atoms with van der Waals surface area (Å²) in [4.78, 5) is 22.8. The van der Waals surface area contributed by atoms with Crippen LogP contribution >= 0.6 is 0 Å². The maximum Gasteiger partial charge on any atom is 0.319 e. The largest absolute Gasteiger partial charge is 0.481 e. The summed E-state index contributed by atoms with van der Waals surface area (Å²) in [7, 11) is 0. The van der Waals surface area contributed by atoms with E-state index in [9.17, 15) is 9.59 Å². The highest BCUT2D eigenvalue weighted by Crippen LogP contribution is 2.34. The molecule has 1 unspecified atom stereocenters. The van der Waals surface area contributed by atoms with Gasteiger partial charge >= 0.3 is 12.0 Å². The molecule has 1 fully saturated rings. The van der Waals surface area contributed by atoms with E-state index in [-0.39, 0.29) is 18.5 Å². The van der Waals surface area contributed by atoms with Crippen molar-refractivity contribution in [3.8, 4) is 0 Å². The molecule has 3 N–H and O–H groups in total. The Labute approximate surface area is 118 Å². The van der Waals surface area contributed by atoms with Crippen LogP contribution in [0.1, 0.15) is 31.7 Å². The first-order valence-electron chi connectivity index (χ1n) is 6.97. The summed E-state index contributed by atoms with van der Waals surface area (Å²) in [6.45, 7) is 2.02. The zero-order valence-electron chi connectivity index (χ0n) is 11.6. The van der Waals surface area contributed by atoms with Crippen LogP contribution in [-0.2, 0) is 11.2 Å². The molecule has 1 aliphatic rings. The highest BCUT2D eigenvalue weighted by molar-refractivity contribution is 5.90. The molecule has 0 heterocycles. The predicted molar refractivity (Wildman–Crippen MR) is 76.7 cm³/mol. The summed E-state index contributed by atoms with van der Waals surface area (Å²) in [6.07, 6.45) is 2.79. The smallest absolute Gasteiger partial charge is 0.319 e. The molecule has 0 aromatic heterocycles. The van der Waals surface area contributed by atoms with Gasteiger partial charge in [-0.2, -0.15) is 0 Å². The fraction of sp³-hybridized carbons (Fsp3) is 0.467. The number of aliphatic carboxylic acids is 1. The van der Waals surface area contributed by atoms with Crippen LogP contribution in [-0.4, -0.2) is 23.1 Å². The van der Waals surface area contributed by atoms with Crippen LogP contribution < -0.4 is 10.6 Å². The molecule has 0 bridgehead atoms. The van der Waals surface area contributed by atoms with E-state index in [2.05, 4.69) is 10.6 Å². The van der Waals surface area contributed by atoms with Gasteiger partial charge in [0.05, 0.1) is 6.42 Å². The van der Waals surface area contributed by atoms with E-state index < -0.39 is 5.97 Å². The highest BCUT2D eigenvalue weighted by Gasteiger charge is 2.33. The lowest BCUT2D eigenvalue weighted by molar-refractivity contribution is -0.137. The van der Waals surface area contributed by atoms with E-state index in [1.165, 1.54) is 0 Å². The van der Waals surface area contributed by atoms with Crippen LogP contribution in [0.25, 0.3) is 0 Å². The van der Waals surface area contributed by atoms with Crippen LogP contribution in [0, 0.1) is 5.92 Å². The Hall–Kier alpha value is -2.04. The monoisotopic (exact) mass is 276 g/mol. The average molecular weight is 276 g/mol. The van der Waals surface area contributed by atoms with Gasteiger partial charge in [-0.25, -0.2) is 4.79 Å². The Balaban J connectivity index is 1.95. The molecule has 1 atom stereocenters. The summed E-state index contributed by atoms with van der Waals surface area (Å²) < 4.78 is 0. The molecule has 108 valence electrons. The molecule has 1 saturated carbocycles. The lowest BCUT2D eigenvalue weighted by Gasteiger charge is -2.17. The molecule has 1 aliphatic carbocycles. The van der Waals surface area contributed by atoms with Gasteiger partial charge in [-0.05, 0) is 36.8 Å². The zero-order chi connectivity index (χ0) is 14.5. The normalized spacial score (nSPS) is 15.4. The molecule has 0 aliphatic heterocycles. The van der Waals surface area contributed by atoms with Crippen LogP contribution in [0.2, 0.25) is 0 Å². The quantitative estimate of drug-likeness (QED) is 0.747. The topological polar surface area (TPSA) is 78.4 Å². The van der Waals surface area contributed by atoms with Gasteiger partial charge < -0.3 is 15.7 Å². The van der Waals surface area contributed by atoms with Gasteiger partial charge in [0.1, 0.15) is 0 Å². The Bertz CT molecular complexity index is 498. The number of rotatable bonds is 6. The molecule has 0 saturated heterocycles. The van der Waals surface area contributed by atoms with Gasteiger partial charge in [-0.15, -0.1) is 0 Å². The van der Waals surface area contributed by atoms with Gasteiger partial charge in [0.25, 0.3) is 0 Å². The second-order valence-corrected chi connectivity index (χ2v) is 5.15. The van der Waals surface area contributed by atoms with Gasteiger partial charge in [0.15, 0.2) is 0 Å². The SMILES string of the molecule is CCc1ccccc1NC(=O)NC(CC(=O)O)C1CC1. The maximum absolute atomic E-state index is 12.0. The van der Waals surface area contributed by atoms with E-state index in [1.54, 1.807) is 0 Å². The third-order valence-electron chi connectivity index (χ3n) is 3.55. The first-order chi connectivity index (χ1) is 9.60. The molecule has 2 rings (SSSR count). The third kappa shape index (κ3) is 3.98. The molecule has 1 aromatic carbocycles. The molecular formula is C15H20N2O3. The minimum atomic E-state index is -0.879. The first-order valence-corrected chi connectivity index (χ1v) is 6.97. The summed E-state index contributed by atoms with van der Waals surface area (Å²) in [5, 5.41) is 14.5. The number of urea groups is 1. The Kier molecular flexibility index (Phi) is 4.61. The van der Waals surface area contributed by atoms with Crippen LogP contribution in [0.5, 0.6) is 0 Å². The summed E-state index contributed by atoms with van der Waals surface area (Å²) in [5.74, 6) is -0.575. The fourth-order valence-corrected chi connectivity index (χ4v) is 2.30. The Morgan fingerprint density at radius 1 is 1.35 bits per heavy atom. The minimum Gasteiger partial charge on any atom is -0.481 e. The molecule has 5 heteroatoms. The summed E-state index contributed by atoms with van der Waals surface area (Å²) in [5.41, 5.74) is 1.83. The van der Waals surface area contributed by atoms with Crippen molar-refractivity contribution in [1.29, 1.82) is 0 Å². The van der Waals surface area contributed by atoms with Crippen molar-refractivity contribution in [2.24, 2.45) is 5.92 Å². The zero-order valence-corrected chi connectivity index (χ0v) is 11.6. The predicted octanol–water partition coefficient (Wildman–Crippen LogP) is 2.62. The number of anilines is 1. The minimum absolute atomic E-state index is 0.0203. The second-order valence-electron chi connectivity index (χ2n) is 5.15. The molecule has 5 nitrogen and oxygen atoms in total. The molecule has 0 radical (unpaired) electrons. The molecule has 1 aromatic rings. The van der Waals surface area contributed by atoms with E-state index >= 15 is 0 Å². The second kappa shape index (κ2) is 6.41. The molecule has 0 spiro atoms. The van der Waals surface area contributed by atoms with Crippen molar-refractivity contribution in [2.75, 3.05) is 5.32 Å². The van der Waals surface area contributed by atoms with Crippen molar-refractivity contribution in [3.63, 3.8) is 0 Å². The number of hydrogen-bond donors (Lipinski definition) is 3. The Morgan fingerprint density at radius 2 is 2.05 bits per heavy atom. The van der Waals surface area contributed by atoms with Crippen molar-refractivity contribution >= 4 is 17.7 Å². The number of benzene rings is 1. The van der Waals surface area contributed by atoms with Gasteiger partial charge in [-0.3, -0.25) is 4.79 Å². The number of carbonyl (C=O) groups excluding carboxylic acids is 1. The molecule has 2 amide bonds. The van der Waals surface area contributed by atoms with Gasteiger partial charge in [0.2, 0.25) is 0 Å². The number of nitrogens with one attached hydrogen (secondary N) is 2. The lowest BCUT2D eigenvalue weighted by atomic mass is 10.1. The number of carboxylic acids is 1. The van der Waals surface area contributed by atoms with Gasteiger partial charge in [0, 0.05) is 11.7 Å². The van der Waals surface area contributed by atoms with E-state index in [1.807, 2.05) is 31.2 Å². The number of aryl methyl sites for hydroxylation is 1. The molecular weight excluding hydrogens is 256 g/mol. The fourth-order valence-electron chi connectivity index (χ4n) is 2.30. The van der Waals surface area contributed by atoms with Crippen LogP contribution in [0.15, 0.2) is 24.3 Å². The lowest BCUT2D eigenvalue weighted by Crippen LogP contribution is -2.40. The Morgan fingerprint density at radius 3 is 2.65 bits per heavy atom. The number of hydrogen-bond acceptors (Lipinski definition) is 2. The summed E-state index contributed by atoms with van der Waals surface area (Å²) >= 11 is 0. The number of amides is 2. The number of carboxylic acid groups (broad SMARTS) is 1. The average Bonchev–Trinajstić information content (AvgIpc) is 3.22. The number of para-hydroxylation sites is 1. The van der Waals surface area contributed by atoms with Gasteiger partial charge in [-0.1, -0.05) is 25.1 Å². The maximum atomic E-state index is 12.0. The number of carbonyl (C=O) groups is 2. The van der Waals surface area contributed by atoms with Crippen molar-refractivity contribution < 1.29 is 14.7 Å².